The van der Waals surface area contributed by atoms with E-state index in [1.165, 1.54) is 10.1 Å². The van der Waals surface area contributed by atoms with E-state index in [1.807, 2.05) is 36.4 Å². The van der Waals surface area contributed by atoms with Gasteiger partial charge in [0.25, 0.3) is 0 Å². The molecule has 0 saturated heterocycles. The molecule has 10 rings (SSSR count). The summed E-state index contributed by atoms with van der Waals surface area (Å²) in [6.45, 7) is 0. The largest absolute Gasteiger partial charge is 0.455 e. The van der Waals surface area contributed by atoms with Gasteiger partial charge in [0.1, 0.15) is 28.0 Å². The Hall–Kier alpha value is -5.78. The first kappa shape index (κ1) is 24.6. The maximum atomic E-state index is 6.58. The molecule has 0 aliphatic heterocycles. The van der Waals surface area contributed by atoms with Crippen molar-refractivity contribution in [2.75, 3.05) is 0 Å². The molecule has 0 radical (unpaired) electrons. The van der Waals surface area contributed by atoms with Gasteiger partial charge < -0.3 is 8.83 Å². The average Bonchev–Trinajstić information content (AvgIpc) is 3.79. The lowest BCUT2D eigenvalue weighted by Crippen LogP contribution is -1.94. The van der Waals surface area contributed by atoms with Crippen molar-refractivity contribution in [2.45, 2.75) is 0 Å². The lowest BCUT2D eigenvalue weighted by molar-refractivity contribution is 0.667. The Morgan fingerprint density at radius 2 is 1.16 bits per heavy atom. The van der Waals surface area contributed by atoms with Gasteiger partial charge in [0, 0.05) is 47.5 Å². The standard InChI is InChI=1S/C40H22N2O2S/c1-2-11-23(12-3-1)24-13-10-14-25(21-24)40-41-35-27-16-5-8-19-32(27)44-38(35)36(42-40)30-22-29-26-15-4-7-18-31(26)43-37(29)34-28-17-6-9-20-33(28)45-39(30)34/h1-22H. The fourth-order valence-electron chi connectivity index (χ4n) is 6.61. The molecule has 0 atom stereocenters. The van der Waals surface area contributed by atoms with Gasteiger partial charge >= 0.3 is 0 Å². The van der Waals surface area contributed by atoms with Gasteiger partial charge in [0.2, 0.25) is 0 Å². The summed E-state index contributed by atoms with van der Waals surface area (Å²) in [7, 11) is 0. The highest BCUT2D eigenvalue weighted by Gasteiger charge is 2.24. The van der Waals surface area contributed by atoms with Crippen LogP contribution in [0.15, 0.2) is 142 Å². The van der Waals surface area contributed by atoms with Crippen molar-refractivity contribution < 1.29 is 8.83 Å². The maximum absolute atomic E-state index is 6.58. The number of para-hydroxylation sites is 2. The number of hydrogen-bond donors (Lipinski definition) is 0. The fourth-order valence-corrected chi connectivity index (χ4v) is 7.83. The van der Waals surface area contributed by atoms with Crippen LogP contribution in [0.2, 0.25) is 0 Å². The summed E-state index contributed by atoms with van der Waals surface area (Å²) in [5.41, 5.74) is 9.07. The van der Waals surface area contributed by atoms with E-state index < -0.39 is 0 Å². The van der Waals surface area contributed by atoms with E-state index in [9.17, 15) is 0 Å². The third-order valence-electron chi connectivity index (χ3n) is 8.69. The highest BCUT2D eigenvalue weighted by molar-refractivity contribution is 7.26. The molecule has 5 heteroatoms. The van der Waals surface area contributed by atoms with E-state index in [1.54, 1.807) is 11.3 Å². The van der Waals surface area contributed by atoms with Crippen molar-refractivity contribution in [1.29, 1.82) is 0 Å². The summed E-state index contributed by atoms with van der Waals surface area (Å²) in [4.78, 5) is 10.5. The third kappa shape index (κ3) is 3.65. The zero-order valence-electron chi connectivity index (χ0n) is 23.8. The van der Waals surface area contributed by atoms with Crippen molar-refractivity contribution >= 4 is 75.5 Å². The zero-order chi connectivity index (χ0) is 29.5. The normalized spacial score (nSPS) is 12.0. The molecule has 45 heavy (non-hydrogen) atoms. The molecule has 4 heterocycles. The van der Waals surface area contributed by atoms with Crippen LogP contribution in [0.3, 0.4) is 0 Å². The molecule has 0 saturated carbocycles. The molecule has 0 amide bonds. The number of rotatable bonds is 3. The van der Waals surface area contributed by atoms with Crippen molar-refractivity contribution in [1.82, 2.24) is 9.97 Å². The van der Waals surface area contributed by atoms with Crippen LogP contribution in [0.5, 0.6) is 0 Å². The second-order valence-electron chi connectivity index (χ2n) is 11.3. The molecule has 0 aliphatic rings. The second-order valence-corrected chi connectivity index (χ2v) is 12.4. The van der Waals surface area contributed by atoms with Gasteiger partial charge in [-0.3, -0.25) is 0 Å². The number of fused-ring (bicyclic) bond motifs is 10. The molecule has 4 aromatic heterocycles. The van der Waals surface area contributed by atoms with Crippen LogP contribution in [-0.4, -0.2) is 9.97 Å². The van der Waals surface area contributed by atoms with Crippen molar-refractivity contribution in [2.24, 2.45) is 0 Å². The van der Waals surface area contributed by atoms with Gasteiger partial charge in [0.15, 0.2) is 11.4 Å². The van der Waals surface area contributed by atoms with Gasteiger partial charge in [-0.15, -0.1) is 11.3 Å². The van der Waals surface area contributed by atoms with E-state index in [0.29, 0.717) is 11.4 Å². The van der Waals surface area contributed by atoms with Crippen LogP contribution in [0, 0.1) is 0 Å². The summed E-state index contributed by atoms with van der Waals surface area (Å²) in [5.74, 6) is 0.660. The van der Waals surface area contributed by atoms with Gasteiger partial charge in [-0.05, 0) is 47.5 Å². The Bertz CT molecular complexity index is 2770. The third-order valence-corrected chi connectivity index (χ3v) is 9.90. The van der Waals surface area contributed by atoms with Crippen LogP contribution in [0.1, 0.15) is 0 Å². The first-order valence-corrected chi connectivity index (χ1v) is 15.7. The fraction of sp³-hybridized carbons (Fsp3) is 0. The number of furan rings is 2. The number of aromatic nitrogens is 2. The Morgan fingerprint density at radius 3 is 2.02 bits per heavy atom. The van der Waals surface area contributed by atoms with Gasteiger partial charge in [0.05, 0.1) is 0 Å². The molecule has 0 bridgehead atoms. The maximum Gasteiger partial charge on any atom is 0.180 e. The minimum Gasteiger partial charge on any atom is -0.455 e. The molecule has 0 aliphatic carbocycles. The van der Waals surface area contributed by atoms with Crippen molar-refractivity contribution in [3.63, 3.8) is 0 Å². The quantitative estimate of drug-likeness (QED) is 0.204. The lowest BCUT2D eigenvalue weighted by atomic mass is 10.0. The molecule has 210 valence electrons. The second kappa shape index (κ2) is 9.36. The Morgan fingerprint density at radius 1 is 0.489 bits per heavy atom. The highest BCUT2D eigenvalue weighted by Crippen LogP contribution is 2.48. The smallest absolute Gasteiger partial charge is 0.180 e. The number of nitrogens with zero attached hydrogens (tertiary/aromatic N) is 2. The minimum absolute atomic E-state index is 0.660. The van der Waals surface area contributed by atoms with E-state index in [4.69, 9.17) is 18.8 Å². The summed E-state index contributed by atoms with van der Waals surface area (Å²) < 4.78 is 15.5. The summed E-state index contributed by atoms with van der Waals surface area (Å²) in [6, 6.07) is 46.0. The molecule has 0 spiro atoms. The monoisotopic (exact) mass is 594 g/mol. The molecule has 0 unspecified atom stereocenters. The predicted molar refractivity (Wildman–Crippen MR) is 186 cm³/mol. The first-order chi connectivity index (χ1) is 22.3. The Balaban J connectivity index is 1.34. The molecular weight excluding hydrogens is 573 g/mol. The van der Waals surface area contributed by atoms with Crippen LogP contribution >= 0.6 is 11.3 Å². The highest BCUT2D eigenvalue weighted by atomic mass is 32.1. The van der Waals surface area contributed by atoms with Gasteiger partial charge in [-0.1, -0.05) is 97.1 Å². The lowest BCUT2D eigenvalue weighted by Gasteiger charge is -2.09. The van der Waals surface area contributed by atoms with Gasteiger partial charge in [-0.25, -0.2) is 9.97 Å². The predicted octanol–water partition coefficient (Wildman–Crippen LogP) is 11.6. The number of thiophene rings is 1. The van der Waals surface area contributed by atoms with E-state index in [0.717, 1.165) is 76.5 Å². The molecule has 6 aromatic carbocycles. The summed E-state index contributed by atoms with van der Waals surface area (Å²) in [5, 5.41) is 5.40. The molecule has 10 aromatic rings. The molecular formula is C40H22N2O2S. The zero-order valence-corrected chi connectivity index (χ0v) is 24.6. The summed E-state index contributed by atoms with van der Waals surface area (Å²) >= 11 is 1.76. The SMILES string of the molecule is c1ccc(-c2cccc(-c3nc(-c4cc5c6ccccc6oc5c5c4sc4ccccc45)c4oc5ccccc5c4n3)c2)cc1. The van der Waals surface area contributed by atoms with E-state index in [2.05, 4.69) is 97.1 Å². The summed E-state index contributed by atoms with van der Waals surface area (Å²) in [6.07, 6.45) is 0. The van der Waals surface area contributed by atoms with Crippen molar-refractivity contribution in [3.05, 3.63) is 133 Å². The topological polar surface area (TPSA) is 52.1 Å². The molecule has 4 nitrogen and oxygen atoms in total. The van der Waals surface area contributed by atoms with Crippen LogP contribution in [0.4, 0.5) is 0 Å². The molecule has 0 fully saturated rings. The van der Waals surface area contributed by atoms with E-state index in [-0.39, 0.29) is 0 Å². The van der Waals surface area contributed by atoms with Crippen molar-refractivity contribution in [3.8, 4) is 33.8 Å². The average molecular weight is 595 g/mol. The Kier molecular flexibility index (Phi) is 5.12. The molecule has 0 N–H and O–H groups in total. The van der Waals surface area contributed by atoms with Crippen LogP contribution in [0.25, 0.3) is 98.0 Å². The van der Waals surface area contributed by atoms with Gasteiger partial charge in [-0.2, -0.15) is 0 Å². The van der Waals surface area contributed by atoms with Crippen LogP contribution < -0.4 is 0 Å². The first-order valence-electron chi connectivity index (χ1n) is 14.9. The van der Waals surface area contributed by atoms with E-state index >= 15 is 0 Å². The number of hydrogen-bond acceptors (Lipinski definition) is 5. The van der Waals surface area contributed by atoms with Crippen LogP contribution in [-0.2, 0) is 0 Å². The Labute approximate surface area is 260 Å². The minimum atomic E-state index is 0.660. The number of benzene rings is 6.